The van der Waals surface area contributed by atoms with Crippen LogP contribution in [0.2, 0.25) is 5.02 Å². The van der Waals surface area contributed by atoms with E-state index in [-0.39, 0.29) is 0 Å². The molecule has 3 heterocycles. The second-order valence-electron chi connectivity index (χ2n) is 7.89. The van der Waals surface area contributed by atoms with Gasteiger partial charge < -0.3 is 20.1 Å². The number of nitrogens with zero attached hydrogens (tertiary/aromatic N) is 4. The van der Waals surface area contributed by atoms with E-state index in [2.05, 4.69) is 30.6 Å². The summed E-state index contributed by atoms with van der Waals surface area (Å²) in [5.41, 5.74) is 3.44. The lowest BCUT2D eigenvalue weighted by atomic mass is 10.2. The quantitative estimate of drug-likeness (QED) is 0.255. The molecule has 5 rings (SSSR count). The van der Waals surface area contributed by atoms with Crippen LogP contribution < -0.4 is 20.1 Å². The van der Waals surface area contributed by atoms with Gasteiger partial charge in [0, 0.05) is 23.8 Å². The first kappa shape index (κ1) is 23.3. The van der Waals surface area contributed by atoms with Crippen LogP contribution >= 0.6 is 11.6 Å². The Labute approximate surface area is 213 Å². The minimum Gasteiger partial charge on any atom is -0.497 e. The molecular formula is C27H23ClN6O2. The number of methoxy groups -OCH3 is 1. The topological polar surface area (TPSA) is 94.1 Å². The molecule has 5 aromatic rings. The molecule has 180 valence electrons. The number of fused-ring (bicyclic) bond motifs is 1. The average Bonchev–Trinajstić information content (AvgIpc) is 2.92. The molecule has 9 heteroatoms. The van der Waals surface area contributed by atoms with Crippen LogP contribution in [0.3, 0.4) is 0 Å². The normalized spacial score (nSPS) is 10.7. The van der Waals surface area contributed by atoms with E-state index in [1.165, 1.54) is 6.33 Å². The van der Waals surface area contributed by atoms with E-state index in [9.17, 15) is 0 Å². The molecule has 0 spiro atoms. The first-order valence-electron chi connectivity index (χ1n) is 11.2. The fraction of sp³-hybridized carbons (Fsp3) is 0.111. The van der Waals surface area contributed by atoms with Gasteiger partial charge in [-0.25, -0.2) is 15.0 Å². The SMILES string of the molecule is COc1ccc(CNc2cc3c(Nc4ccc(OCc5ccccn5)c(Cl)c4)ncnc3cn2)cc1. The van der Waals surface area contributed by atoms with Crippen LogP contribution in [0.15, 0.2) is 85.5 Å². The summed E-state index contributed by atoms with van der Waals surface area (Å²) < 4.78 is 11.0. The molecule has 36 heavy (non-hydrogen) atoms. The van der Waals surface area contributed by atoms with E-state index in [0.29, 0.717) is 35.6 Å². The van der Waals surface area contributed by atoms with Crippen LogP contribution in [0.25, 0.3) is 10.9 Å². The molecule has 2 N–H and O–H groups in total. The molecule has 0 bridgehead atoms. The zero-order valence-electron chi connectivity index (χ0n) is 19.5. The van der Waals surface area contributed by atoms with Crippen molar-refractivity contribution in [2.75, 3.05) is 17.7 Å². The molecule has 3 aromatic heterocycles. The predicted octanol–water partition coefficient (Wildman–Crippen LogP) is 6.02. The molecule has 0 saturated heterocycles. The van der Waals surface area contributed by atoms with Crippen molar-refractivity contribution in [2.24, 2.45) is 0 Å². The number of ether oxygens (including phenoxy) is 2. The van der Waals surface area contributed by atoms with Gasteiger partial charge in [0.2, 0.25) is 0 Å². The van der Waals surface area contributed by atoms with Crippen molar-refractivity contribution < 1.29 is 9.47 Å². The summed E-state index contributed by atoms with van der Waals surface area (Å²) in [6.45, 7) is 0.956. The Kier molecular flexibility index (Phi) is 7.05. The molecule has 0 aliphatic carbocycles. The molecule has 0 fully saturated rings. The molecule has 0 aliphatic heterocycles. The standard InChI is InChI=1S/C27H23ClN6O2/c1-35-21-8-5-18(6-9-21)14-30-26-13-22-24(15-31-26)32-17-33-27(22)34-19-7-10-25(23(28)12-19)36-16-20-4-2-3-11-29-20/h2-13,15,17H,14,16H2,1H3,(H,30,31)(H,32,33,34). The Morgan fingerprint density at radius 1 is 0.917 bits per heavy atom. The Morgan fingerprint density at radius 2 is 1.81 bits per heavy atom. The number of pyridine rings is 2. The highest BCUT2D eigenvalue weighted by molar-refractivity contribution is 6.32. The monoisotopic (exact) mass is 498 g/mol. The Balaban J connectivity index is 1.30. The van der Waals surface area contributed by atoms with Crippen LogP contribution in [-0.4, -0.2) is 27.0 Å². The maximum Gasteiger partial charge on any atom is 0.141 e. The zero-order chi connectivity index (χ0) is 24.7. The molecule has 0 saturated carbocycles. The number of nitrogens with one attached hydrogen (secondary N) is 2. The summed E-state index contributed by atoms with van der Waals surface area (Å²) >= 11 is 6.48. The molecule has 0 unspecified atom stereocenters. The fourth-order valence-corrected chi connectivity index (χ4v) is 3.79. The van der Waals surface area contributed by atoms with Crippen molar-refractivity contribution in [1.29, 1.82) is 0 Å². The highest BCUT2D eigenvalue weighted by Gasteiger charge is 2.09. The van der Waals surface area contributed by atoms with Gasteiger partial charge >= 0.3 is 0 Å². The molecule has 0 amide bonds. The summed E-state index contributed by atoms with van der Waals surface area (Å²) in [5, 5.41) is 7.99. The minimum atomic E-state index is 0.336. The van der Waals surface area contributed by atoms with Gasteiger partial charge in [0.25, 0.3) is 0 Å². The zero-order valence-corrected chi connectivity index (χ0v) is 20.2. The van der Waals surface area contributed by atoms with Gasteiger partial charge in [0.1, 0.15) is 36.1 Å². The Morgan fingerprint density at radius 3 is 2.58 bits per heavy atom. The number of hydrogen-bond donors (Lipinski definition) is 2. The van der Waals surface area contributed by atoms with Crippen LogP contribution in [0, 0.1) is 0 Å². The predicted molar refractivity (Wildman–Crippen MR) is 141 cm³/mol. The summed E-state index contributed by atoms with van der Waals surface area (Å²) in [4.78, 5) is 17.5. The number of halogens is 1. The number of anilines is 3. The van der Waals surface area contributed by atoms with E-state index < -0.39 is 0 Å². The third-order valence-electron chi connectivity index (χ3n) is 5.45. The van der Waals surface area contributed by atoms with Crippen LogP contribution in [0.5, 0.6) is 11.5 Å². The van der Waals surface area contributed by atoms with E-state index in [1.54, 1.807) is 25.6 Å². The number of rotatable bonds is 9. The van der Waals surface area contributed by atoms with Gasteiger partial charge in [0.05, 0.1) is 29.5 Å². The van der Waals surface area contributed by atoms with Crippen molar-refractivity contribution >= 4 is 39.8 Å². The Bertz CT molecular complexity index is 1470. The highest BCUT2D eigenvalue weighted by Crippen LogP contribution is 2.31. The first-order valence-corrected chi connectivity index (χ1v) is 11.6. The highest BCUT2D eigenvalue weighted by atomic mass is 35.5. The lowest BCUT2D eigenvalue weighted by molar-refractivity contribution is 0.301. The van der Waals surface area contributed by atoms with Gasteiger partial charge in [-0.05, 0) is 54.1 Å². The summed E-state index contributed by atoms with van der Waals surface area (Å²) in [5.74, 6) is 2.76. The molecule has 8 nitrogen and oxygen atoms in total. The van der Waals surface area contributed by atoms with E-state index in [1.807, 2.05) is 60.7 Å². The molecule has 2 aromatic carbocycles. The third-order valence-corrected chi connectivity index (χ3v) is 5.75. The van der Waals surface area contributed by atoms with E-state index in [0.717, 1.165) is 33.6 Å². The minimum absolute atomic E-state index is 0.336. The molecule has 0 aliphatic rings. The van der Waals surface area contributed by atoms with Crippen LogP contribution in [0.1, 0.15) is 11.3 Å². The van der Waals surface area contributed by atoms with E-state index >= 15 is 0 Å². The van der Waals surface area contributed by atoms with Crippen molar-refractivity contribution in [3.05, 3.63) is 102 Å². The van der Waals surface area contributed by atoms with Crippen LogP contribution in [-0.2, 0) is 13.2 Å². The lowest BCUT2D eigenvalue weighted by Gasteiger charge is -2.12. The third kappa shape index (κ3) is 5.61. The van der Waals surface area contributed by atoms with Crippen molar-refractivity contribution in [3.63, 3.8) is 0 Å². The average molecular weight is 499 g/mol. The second kappa shape index (κ2) is 10.9. The van der Waals surface area contributed by atoms with Gasteiger partial charge in [-0.2, -0.15) is 0 Å². The molecule has 0 atom stereocenters. The van der Waals surface area contributed by atoms with Crippen molar-refractivity contribution in [3.8, 4) is 11.5 Å². The largest absolute Gasteiger partial charge is 0.497 e. The number of benzene rings is 2. The Hall–Kier alpha value is -4.43. The fourth-order valence-electron chi connectivity index (χ4n) is 3.56. The van der Waals surface area contributed by atoms with Gasteiger partial charge in [0.15, 0.2) is 0 Å². The van der Waals surface area contributed by atoms with E-state index in [4.69, 9.17) is 21.1 Å². The summed E-state index contributed by atoms with van der Waals surface area (Å²) in [7, 11) is 1.65. The first-order chi connectivity index (χ1) is 17.7. The number of hydrogen-bond acceptors (Lipinski definition) is 8. The maximum absolute atomic E-state index is 6.48. The summed E-state index contributed by atoms with van der Waals surface area (Å²) in [6, 6.07) is 21.0. The van der Waals surface area contributed by atoms with Crippen molar-refractivity contribution in [1.82, 2.24) is 19.9 Å². The molecular weight excluding hydrogens is 476 g/mol. The van der Waals surface area contributed by atoms with Gasteiger partial charge in [-0.1, -0.05) is 29.8 Å². The number of aromatic nitrogens is 4. The second-order valence-corrected chi connectivity index (χ2v) is 8.30. The van der Waals surface area contributed by atoms with Gasteiger partial charge in [-0.3, -0.25) is 4.98 Å². The smallest absolute Gasteiger partial charge is 0.141 e. The van der Waals surface area contributed by atoms with Crippen molar-refractivity contribution in [2.45, 2.75) is 13.2 Å². The lowest BCUT2D eigenvalue weighted by Crippen LogP contribution is -2.03. The summed E-state index contributed by atoms with van der Waals surface area (Å²) in [6.07, 6.45) is 4.96. The maximum atomic E-state index is 6.48. The van der Waals surface area contributed by atoms with Crippen LogP contribution in [0.4, 0.5) is 17.3 Å². The van der Waals surface area contributed by atoms with Gasteiger partial charge in [-0.15, -0.1) is 0 Å². The molecule has 0 radical (unpaired) electrons.